The number of benzene rings is 2. The first-order valence-electron chi connectivity index (χ1n) is 9.35. The third-order valence-electron chi connectivity index (χ3n) is 4.67. The number of hydrogen-bond acceptors (Lipinski definition) is 4. The molecule has 0 atom stereocenters. The van der Waals surface area contributed by atoms with Crippen molar-refractivity contribution in [3.05, 3.63) is 58.1 Å². The van der Waals surface area contributed by atoms with E-state index in [1.54, 1.807) is 23.1 Å². The minimum atomic E-state index is -0.111. The Balaban J connectivity index is 1.40. The number of nitrogens with one attached hydrogen (secondary N) is 1. The van der Waals surface area contributed by atoms with Gasteiger partial charge in [0.05, 0.1) is 11.6 Å². The molecule has 1 aliphatic rings. The summed E-state index contributed by atoms with van der Waals surface area (Å²) < 4.78 is 5.51. The predicted molar refractivity (Wildman–Crippen MR) is 115 cm³/mol. The zero-order valence-corrected chi connectivity index (χ0v) is 17.7. The van der Waals surface area contributed by atoms with E-state index in [-0.39, 0.29) is 18.4 Å². The average molecular weight is 436 g/mol. The minimum absolute atomic E-state index is 0.0608. The molecule has 0 radical (unpaired) electrons. The molecule has 0 unspecified atom stereocenters. The Labute approximate surface area is 180 Å². The summed E-state index contributed by atoms with van der Waals surface area (Å²) in [6.45, 7) is 4.58. The highest BCUT2D eigenvalue weighted by molar-refractivity contribution is 6.35. The Hall–Kier alpha value is -2.28. The van der Waals surface area contributed by atoms with Crippen LogP contribution in [0.15, 0.2) is 42.5 Å². The number of halogens is 2. The smallest absolute Gasteiger partial charge is 0.260 e. The first-order chi connectivity index (χ1) is 13.9. The van der Waals surface area contributed by atoms with Crippen LogP contribution in [0.4, 0.5) is 5.69 Å². The number of nitrogens with zero attached hydrogens (tertiary/aromatic N) is 2. The van der Waals surface area contributed by atoms with E-state index >= 15 is 0 Å². The van der Waals surface area contributed by atoms with Crippen molar-refractivity contribution in [1.82, 2.24) is 9.80 Å². The number of carbonyl (C=O) groups excluding carboxylic acids is 2. The van der Waals surface area contributed by atoms with Crippen molar-refractivity contribution in [1.29, 1.82) is 0 Å². The molecule has 0 aromatic heterocycles. The number of anilines is 1. The van der Waals surface area contributed by atoms with E-state index in [1.807, 2.05) is 36.1 Å². The molecule has 0 spiro atoms. The van der Waals surface area contributed by atoms with Gasteiger partial charge >= 0.3 is 0 Å². The van der Waals surface area contributed by atoms with Gasteiger partial charge in [0.1, 0.15) is 5.75 Å². The van der Waals surface area contributed by atoms with Crippen LogP contribution in [0.2, 0.25) is 10.0 Å². The van der Waals surface area contributed by atoms with Gasteiger partial charge in [-0.1, -0.05) is 40.9 Å². The van der Waals surface area contributed by atoms with Crippen LogP contribution in [0, 0.1) is 6.92 Å². The quantitative estimate of drug-likeness (QED) is 0.754. The van der Waals surface area contributed by atoms with Gasteiger partial charge in [0.15, 0.2) is 6.61 Å². The number of piperazine rings is 1. The van der Waals surface area contributed by atoms with E-state index in [4.69, 9.17) is 27.9 Å². The largest absolute Gasteiger partial charge is 0.482 e. The topological polar surface area (TPSA) is 61.9 Å². The third kappa shape index (κ3) is 6.35. The summed E-state index contributed by atoms with van der Waals surface area (Å²) in [5.41, 5.74) is 1.93. The Bertz CT molecular complexity index is 866. The second kappa shape index (κ2) is 9.96. The summed E-state index contributed by atoms with van der Waals surface area (Å²) in [6.07, 6.45) is 0. The standard InChI is InChI=1S/C21H23Cl2N3O3/c1-15-2-5-17(6-3-15)24-20(27)13-25-8-10-26(11-9-25)21(28)14-29-19-7-4-16(22)12-18(19)23/h2-7,12H,8-11,13-14H2,1H3,(H,24,27). The van der Waals surface area contributed by atoms with Crippen LogP contribution in [0.5, 0.6) is 5.75 Å². The van der Waals surface area contributed by atoms with E-state index in [0.717, 1.165) is 11.3 Å². The number of ether oxygens (including phenoxy) is 1. The summed E-state index contributed by atoms with van der Waals surface area (Å²) in [4.78, 5) is 28.4. The normalized spacial score (nSPS) is 14.5. The fourth-order valence-corrected chi connectivity index (χ4v) is 3.48. The van der Waals surface area contributed by atoms with Crippen molar-refractivity contribution in [3.63, 3.8) is 0 Å². The average Bonchev–Trinajstić information content (AvgIpc) is 2.69. The van der Waals surface area contributed by atoms with E-state index in [0.29, 0.717) is 48.5 Å². The summed E-state index contributed by atoms with van der Waals surface area (Å²) in [6, 6.07) is 12.6. The van der Waals surface area contributed by atoms with Gasteiger partial charge in [0, 0.05) is 36.9 Å². The molecule has 0 bridgehead atoms. The van der Waals surface area contributed by atoms with Crippen LogP contribution in [-0.4, -0.2) is 60.9 Å². The number of hydrogen-bond donors (Lipinski definition) is 1. The molecule has 2 aromatic carbocycles. The Morgan fingerprint density at radius 2 is 1.72 bits per heavy atom. The summed E-state index contributed by atoms with van der Waals surface area (Å²) >= 11 is 11.9. The monoisotopic (exact) mass is 435 g/mol. The zero-order valence-electron chi connectivity index (χ0n) is 16.2. The zero-order chi connectivity index (χ0) is 20.8. The van der Waals surface area contributed by atoms with Crippen molar-refractivity contribution in [2.45, 2.75) is 6.92 Å². The second-order valence-electron chi connectivity index (χ2n) is 6.93. The molecule has 0 aliphatic carbocycles. The van der Waals surface area contributed by atoms with Crippen LogP contribution < -0.4 is 10.1 Å². The molecule has 2 aromatic rings. The summed E-state index contributed by atoms with van der Waals surface area (Å²) in [7, 11) is 0. The SMILES string of the molecule is Cc1ccc(NC(=O)CN2CCN(C(=O)COc3ccc(Cl)cc3Cl)CC2)cc1. The molecular formula is C21H23Cl2N3O3. The van der Waals surface area contributed by atoms with Crippen molar-refractivity contribution in [2.24, 2.45) is 0 Å². The fourth-order valence-electron chi connectivity index (χ4n) is 3.02. The van der Waals surface area contributed by atoms with Gasteiger partial charge in [0.25, 0.3) is 5.91 Å². The molecule has 8 heteroatoms. The highest BCUT2D eigenvalue weighted by atomic mass is 35.5. The summed E-state index contributed by atoms with van der Waals surface area (Å²) in [5.74, 6) is 0.255. The van der Waals surface area contributed by atoms with E-state index < -0.39 is 0 Å². The third-order valence-corrected chi connectivity index (χ3v) is 5.20. The first kappa shape index (κ1) is 21.4. The van der Waals surface area contributed by atoms with Gasteiger partial charge in [-0.15, -0.1) is 0 Å². The van der Waals surface area contributed by atoms with E-state index in [9.17, 15) is 9.59 Å². The highest BCUT2D eigenvalue weighted by Crippen LogP contribution is 2.27. The summed E-state index contributed by atoms with van der Waals surface area (Å²) in [5, 5.41) is 3.78. The van der Waals surface area contributed by atoms with Crippen molar-refractivity contribution >= 4 is 40.7 Å². The Morgan fingerprint density at radius 3 is 2.38 bits per heavy atom. The van der Waals surface area contributed by atoms with Crippen LogP contribution in [-0.2, 0) is 9.59 Å². The number of aryl methyl sites for hydroxylation is 1. The molecule has 0 saturated carbocycles. The molecule has 3 rings (SSSR count). The maximum absolute atomic E-state index is 12.4. The van der Waals surface area contributed by atoms with Gasteiger partial charge in [-0.05, 0) is 37.3 Å². The van der Waals surface area contributed by atoms with Gasteiger partial charge in [-0.3, -0.25) is 14.5 Å². The van der Waals surface area contributed by atoms with E-state index in [2.05, 4.69) is 5.32 Å². The van der Waals surface area contributed by atoms with Crippen LogP contribution >= 0.6 is 23.2 Å². The molecule has 1 aliphatic heterocycles. The molecule has 1 saturated heterocycles. The highest BCUT2D eigenvalue weighted by Gasteiger charge is 2.23. The molecule has 154 valence electrons. The van der Waals surface area contributed by atoms with Crippen molar-refractivity contribution in [3.8, 4) is 5.75 Å². The predicted octanol–water partition coefficient (Wildman–Crippen LogP) is 3.46. The number of carbonyl (C=O) groups is 2. The van der Waals surface area contributed by atoms with Crippen molar-refractivity contribution < 1.29 is 14.3 Å². The maximum Gasteiger partial charge on any atom is 0.260 e. The molecule has 1 heterocycles. The second-order valence-corrected chi connectivity index (χ2v) is 7.78. The molecule has 1 fully saturated rings. The Morgan fingerprint density at radius 1 is 1.03 bits per heavy atom. The maximum atomic E-state index is 12.4. The number of rotatable bonds is 6. The lowest BCUT2D eigenvalue weighted by atomic mass is 10.2. The fraction of sp³-hybridized carbons (Fsp3) is 0.333. The molecule has 6 nitrogen and oxygen atoms in total. The van der Waals surface area contributed by atoms with Crippen LogP contribution in [0.3, 0.4) is 0 Å². The number of amides is 2. The van der Waals surface area contributed by atoms with Gasteiger partial charge < -0.3 is 15.0 Å². The van der Waals surface area contributed by atoms with E-state index in [1.165, 1.54) is 0 Å². The minimum Gasteiger partial charge on any atom is -0.482 e. The van der Waals surface area contributed by atoms with Gasteiger partial charge in [0.2, 0.25) is 5.91 Å². The molecular weight excluding hydrogens is 413 g/mol. The lowest BCUT2D eigenvalue weighted by Crippen LogP contribution is -2.51. The molecule has 2 amide bonds. The lowest BCUT2D eigenvalue weighted by molar-refractivity contribution is -0.135. The van der Waals surface area contributed by atoms with Gasteiger partial charge in [-0.25, -0.2) is 0 Å². The van der Waals surface area contributed by atoms with Crippen LogP contribution in [0.1, 0.15) is 5.56 Å². The first-order valence-corrected chi connectivity index (χ1v) is 10.1. The Kier molecular flexibility index (Phi) is 7.36. The lowest BCUT2D eigenvalue weighted by Gasteiger charge is -2.34. The van der Waals surface area contributed by atoms with Crippen molar-refractivity contribution in [2.75, 3.05) is 44.6 Å². The molecule has 29 heavy (non-hydrogen) atoms. The van der Waals surface area contributed by atoms with Gasteiger partial charge in [-0.2, -0.15) is 0 Å². The molecule has 1 N–H and O–H groups in total. The van der Waals surface area contributed by atoms with Crippen LogP contribution in [0.25, 0.3) is 0 Å².